The molecule has 2 aromatic carbocycles. The fourth-order valence-corrected chi connectivity index (χ4v) is 5.51. The Morgan fingerprint density at radius 1 is 1.24 bits per heavy atom. The lowest BCUT2D eigenvalue weighted by Gasteiger charge is -2.15. The number of non-ortho nitro benzene ring substituents is 1. The molecule has 34 heavy (non-hydrogen) atoms. The third-order valence-electron chi connectivity index (χ3n) is 5.17. The number of thioether (sulfide) groups is 1. The molecular formula is C22H14FN5O4S2. The molecule has 9 nitrogen and oxygen atoms in total. The molecule has 0 spiro atoms. The molecule has 0 saturated heterocycles. The van der Waals surface area contributed by atoms with Crippen molar-refractivity contribution in [3.05, 3.63) is 90.8 Å². The van der Waals surface area contributed by atoms with E-state index in [9.17, 15) is 24.1 Å². The zero-order valence-electron chi connectivity index (χ0n) is 17.4. The predicted octanol–water partition coefficient (Wildman–Crippen LogP) is 4.42. The number of nitro groups is 1. The molecule has 1 aliphatic heterocycles. The summed E-state index contributed by atoms with van der Waals surface area (Å²) in [7, 11) is 0. The second kappa shape index (κ2) is 8.47. The standard InChI is InChI=1S/C22H14FN5O4S2/c1-11-17-20(34-18(11)19(29)24-14-7-5-13(23)6-8-14)25-22-27(21(17)30)26-16(10-33-22)12-3-2-4-15(9-12)28(31)32/h2-9H,10H2,1H3,(H,24,29). The fraction of sp³-hybridized carbons (Fsp3) is 0.0909. The summed E-state index contributed by atoms with van der Waals surface area (Å²) in [6, 6.07) is 11.4. The monoisotopic (exact) mass is 495 g/mol. The molecule has 4 aromatic rings. The molecule has 0 saturated carbocycles. The number of fused-ring (bicyclic) bond motifs is 2. The molecule has 1 aliphatic rings. The summed E-state index contributed by atoms with van der Waals surface area (Å²) in [5.74, 6) is -0.467. The summed E-state index contributed by atoms with van der Waals surface area (Å²) in [5, 5.41) is 18.9. The second-order valence-electron chi connectivity index (χ2n) is 7.35. The van der Waals surface area contributed by atoms with E-state index in [1.807, 2.05) is 0 Å². The third-order valence-corrected chi connectivity index (χ3v) is 7.29. The number of benzene rings is 2. The van der Waals surface area contributed by atoms with Crippen LogP contribution in [0.3, 0.4) is 0 Å². The molecule has 2 aromatic heterocycles. The van der Waals surface area contributed by atoms with Gasteiger partial charge in [0.1, 0.15) is 10.6 Å². The Balaban J connectivity index is 1.55. The highest BCUT2D eigenvalue weighted by Gasteiger charge is 2.25. The molecule has 1 N–H and O–H groups in total. The quantitative estimate of drug-likeness (QED) is 0.254. The minimum atomic E-state index is -0.488. The van der Waals surface area contributed by atoms with E-state index >= 15 is 0 Å². The van der Waals surface area contributed by atoms with Gasteiger partial charge in [-0.1, -0.05) is 23.9 Å². The number of anilines is 1. The highest BCUT2D eigenvalue weighted by molar-refractivity contribution is 7.99. The molecule has 5 rings (SSSR count). The maximum atomic E-state index is 13.3. The van der Waals surface area contributed by atoms with Crippen molar-refractivity contribution in [3.8, 4) is 0 Å². The van der Waals surface area contributed by atoms with Crippen molar-refractivity contribution in [2.45, 2.75) is 12.1 Å². The maximum Gasteiger partial charge on any atom is 0.283 e. The number of halogens is 1. The van der Waals surface area contributed by atoms with Crippen LogP contribution in [-0.4, -0.2) is 32.0 Å². The number of hydrogen-bond donors (Lipinski definition) is 1. The van der Waals surface area contributed by atoms with Gasteiger partial charge in [-0.3, -0.25) is 19.7 Å². The van der Waals surface area contributed by atoms with Crippen molar-refractivity contribution in [1.29, 1.82) is 0 Å². The number of aromatic nitrogens is 2. The summed E-state index contributed by atoms with van der Waals surface area (Å²) >= 11 is 2.38. The Morgan fingerprint density at radius 2 is 2.00 bits per heavy atom. The molecule has 12 heteroatoms. The number of thiophene rings is 1. The topological polar surface area (TPSA) is 119 Å². The number of aryl methyl sites for hydroxylation is 1. The van der Waals surface area contributed by atoms with E-state index in [2.05, 4.69) is 15.4 Å². The zero-order chi connectivity index (χ0) is 24.0. The van der Waals surface area contributed by atoms with Gasteiger partial charge >= 0.3 is 0 Å². The molecule has 0 radical (unpaired) electrons. The SMILES string of the molecule is Cc1c(C(=O)Nc2ccc(F)cc2)sc2nc3n(c(=O)c12)N=C(c1cccc([N+](=O)[O-])c1)CS3. The van der Waals surface area contributed by atoms with Crippen LogP contribution in [-0.2, 0) is 0 Å². The van der Waals surface area contributed by atoms with Crippen LogP contribution in [0.15, 0.2) is 63.6 Å². The van der Waals surface area contributed by atoms with E-state index in [4.69, 9.17) is 0 Å². The number of carbonyl (C=O) groups is 1. The maximum absolute atomic E-state index is 13.3. The highest BCUT2D eigenvalue weighted by atomic mass is 32.2. The smallest absolute Gasteiger partial charge is 0.283 e. The van der Waals surface area contributed by atoms with Gasteiger partial charge in [-0.05, 0) is 36.8 Å². The van der Waals surface area contributed by atoms with Crippen LogP contribution < -0.4 is 10.9 Å². The lowest BCUT2D eigenvalue weighted by Crippen LogP contribution is -2.25. The normalized spacial score (nSPS) is 12.8. The van der Waals surface area contributed by atoms with Crippen molar-refractivity contribution in [1.82, 2.24) is 9.66 Å². The Morgan fingerprint density at radius 3 is 2.74 bits per heavy atom. The molecule has 0 unspecified atom stereocenters. The summed E-state index contributed by atoms with van der Waals surface area (Å²) in [5.41, 5.74) is 1.45. The van der Waals surface area contributed by atoms with Gasteiger partial charge < -0.3 is 5.32 Å². The van der Waals surface area contributed by atoms with Crippen LogP contribution in [0, 0.1) is 22.9 Å². The lowest BCUT2D eigenvalue weighted by molar-refractivity contribution is -0.384. The molecule has 1 amide bonds. The van der Waals surface area contributed by atoms with Gasteiger partial charge in [-0.15, -0.1) is 11.3 Å². The second-order valence-corrected chi connectivity index (χ2v) is 9.29. The molecular weight excluding hydrogens is 481 g/mol. The molecule has 0 fully saturated rings. The van der Waals surface area contributed by atoms with Crippen molar-refractivity contribution in [2.75, 3.05) is 11.1 Å². The number of nitrogens with zero attached hydrogens (tertiary/aromatic N) is 4. The van der Waals surface area contributed by atoms with Gasteiger partial charge in [0.05, 0.1) is 20.9 Å². The van der Waals surface area contributed by atoms with Crippen molar-refractivity contribution in [2.24, 2.45) is 5.10 Å². The van der Waals surface area contributed by atoms with Gasteiger partial charge in [0, 0.05) is 29.1 Å². The Hall–Kier alpha value is -3.90. The minimum Gasteiger partial charge on any atom is -0.321 e. The van der Waals surface area contributed by atoms with E-state index in [-0.39, 0.29) is 11.1 Å². The minimum absolute atomic E-state index is 0.0672. The van der Waals surface area contributed by atoms with Crippen molar-refractivity contribution < 1.29 is 14.1 Å². The van der Waals surface area contributed by atoms with Gasteiger partial charge in [0.25, 0.3) is 17.2 Å². The first kappa shape index (κ1) is 21.9. The van der Waals surface area contributed by atoms with Crippen molar-refractivity contribution >= 4 is 56.3 Å². The molecule has 0 atom stereocenters. The number of nitrogens with one attached hydrogen (secondary N) is 1. The molecule has 0 aliphatic carbocycles. The number of hydrogen-bond acceptors (Lipinski definition) is 8. The molecule has 170 valence electrons. The van der Waals surface area contributed by atoms with Crippen LogP contribution in [0.2, 0.25) is 0 Å². The number of nitro benzene ring substituents is 1. The highest BCUT2D eigenvalue weighted by Crippen LogP contribution is 2.31. The van der Waals surface area contributed by atoms with E-state index in [0.29, 0.717) is 43.1 Å². The summed E-state index contributed by atoms with van der Waals surface area (Å²) in [6.07, 6.45) is 0. The summed E-state index contributed by atoms with van der Waals surface area (Å²) < 4.78 is 14.3. The summed E-state index contributed by atoms with van der Waals surface area (Å²) in [6.45, 7) is 1.66. The average molecular weight is 496 g/mol. The van der Waals surface area contributed by atoms with Gasteiger partial charge in [-0.2, -0.15) is 9.78 Å². The molecule has 0 bridgehead atoms. The number of amides is 1. The molecule has 3 heterocycles. The van der Waals surface area contributed by atoms with Crippen LogP contribution in [0.1, 0.15) is 20.8 Å². The van der Waals surface area contributed by atoms with E-state index in [1.165, 1.54) is 52.8 Å². The first-order valence-electron chi connectivity index (χ1n) is 9.90. The van der Waals surface area contributed by atoms with Gasteiger partial charge in [-0.25, -0.2) is 9.37 Å². The van der Waals surface area contributed by atoms with E-state index in [0.717, 1.165) is 11.3 Å². The number of carbonyl (C=O) groups excluding carboxylic acids is 1. The average Bonchev–Trinajstić information content (AvgIpc) is 3.17. The Bertz CT molecular complexity index is 1580. The Labute approximate surface area is 199 Å². The predicted molar refractivity (Wildman–Crippen MR) is 129 cm³/mol. The van der Waals surface area contributed by atoms with E-state index < -0.39 is 22.2 Å². The zero-order valence-corrected chi connectivity index (χ0v) is 19.1. The van der Waals surface area contributed by atoms with Gasteiger partial charge in [0.15, 0.2) is 5.16 Å². The van der Waals surface area contributed by atoms with Crippen LogP contribution in [0.25, 0.3) is 10.2 Å². The Kier molecular flexibility index (Phi) is 5.46. The third kappa shape index (κ3) is 3.86. The fourth-order valence-electron chi connectivity index (χ4n) is 3.50. The lowest BCUT2D eigenvalue weighted by atomic mass is 10.1. The van der Waals surface area contributed by atoms with E-state index in [1.54, 1.807) is 19.1 Å². The number of rotatable bonds is 4. The van der Waals surface area contributed by atoms with Gasteiger partial charge in [0.2, 0.25) is 0 Å². The largest absolute Gasteiger partial charge is 0.321 e. The van der Waals surface area contributed by atoms with Crippen LogP contribution in [0.5, 0.6) is 0 Å². The van der Waals surface area contributed by atoms with Crippen LogP contribution >= 0.6 is 23.1 Å². The first-order chi connectivity index (χ1) is 16.3. The van der Waals surface area contributed by atoms with Crippen molar-refractivity contribution in [3.63, 3.8) is 0 Å². The summed E-state index contributed by atoms with van der Waals surface area (Å²) in [4.78, 5) is 42.0. The van der Waals surface area contributed by atoms with Crippen LogP contribution in [0.4, 0.5) is 15.8 Å². The first-order valence-corrected chi connectivity index (χ1v) is 11.7.